The van der Waals surface area contributed by atoms with Gasteiger partial charge in [0.05, 0.1) is 12.7 Å². The molecule has 19 heavy (non-hydrogen) atoms. The van der Waals surface area contributed by atoms with Crippen LogP contribution in [0.2, 0.25) is 0 Å². The average molecular weight is 261 g/mol. The van der Waals surface area contributed by atoms with E-state index in [1.165, 1.54) is 26.4 Å². The zero-order chi connectivity index (χ0) is 14.0. The number of esters is 1. The molecule has 1 N–H and O–H groups in total. The van der Waals surface area contributed by atoms with E-state index in [0.717, 1.165) is 11.3 Å². The molecule has 0 aromatic heterocycles. The Morgan fingerprint density at radius 1 is 1.42 bits per heavy atom. The van der Waals surface area contributed by atoms with E-state index in [9.17, 15) is 4.79 Å². The summed E-state index contributed by atoms with van der Waals surface area (Å²) >= 11 is 0. The van der Waals surface area contributed by atoms with Crippen LogP contribution in [0.3, 0.4) is 0 Å². The molecule has 0 aliphatic heterocycles. The van der Waals surface area contributed by atoms with Gasteiger partial charge in [0.25, 0.3) is 0 Å². The number of hydrogen-bond acceptors (Lipinski definition) is 3. The highest BCUT2D eigenvalue weighted by atomic mass is 16.5. The number of nitrogens with one attached hydrogen (secondary N) is 1. The molecule has 104 valence electrons. The van der Waals surface area contributed by atoms with Crippen LogP contribution in [-0.2, 0) is 4.74 Å². The number of ether oxygens (including phenoxy) is 1. The lowest BCUT2D eigenvalue weighted by Gasteiger charge is -2.29. The fourth-order valence-electron chi connectivity index (χ4n) is 2.91. The molecule has 0 saturated heterocycles. The van der Waals surface area contributed by atoms with Gasteiger partial charge in [-0.1, -0.05) is 26.3 Å². The topological polar surface area (TPSA) is 38.3 Å². The molecule has 2 rings (SSSR count). The van der Waals surface area contributed by atoms with Crippen molar-refractivity contribution in [1.82, 2.24) is 0 Å². The molecule has 0 amide bonds. The normalized spacial score (nSPS) is 21.2. The van der Waals surface area contributed by atoms with Crippen molar-refractivity contribution < 1.29 is 9.53 Å². The van der Waals surface area contributed by atoms with Gasteiger partial charge in [0.15, 0.2) is 0 Å². The molecule has 1 aromatic carbocycles. The highest BCUT2D eigenvalue weighted by Gasteiger charge is 2.34. The van der Waals surface area contributed by atoms with Crippen molar-refractivity contribution in [2.45, 2.75) is 46.1 Å². The first-order valence-electron chi connectivity index (χ1n) is 6.90. The molecule has 1 saturated carbocycles. The Hall–Kier alpha value is -1.51. The van der Waals surface area contributed by atoms with E-state index >= 15 is 0 Å². The van der Waals surface area contributed by atoms with Gasteiger partial charge in [-0.05, 0) is 42.9 Å². The fraction of sp³-hybridized carbons (Fsp3) is 0.562. The summed E-state index contributed by atoms with van der Waals surface area (Å²) in [5.41, 5.74) is 2.97. The van der Waals surface area contributed by atoms with Gasteiger partial charge in [0.2, 0.25) is 0 Å². The maximum absolute atomic E-state index is 11.7. The molecule has 0 heterocycles. The molecule has 1 unspecified atom stereocenters. The fourth-order valence-corrected chi connectivity index (χ4v) is 2.91. The number of anilines is 1. The third-order valence-electron chi connectivity index (χ3n) is 4.33. The van der Waals surface area contributed by atoms with Crippen LogP contribution in [0.25, 0.3) is 0 Å². The largest absolute Gasteiger partial charge is 0.465 e. The van der Waals surface area contributed by atoms with Crippen LogP contribution in [0.5, 0.6) is 0 Å². The summed E-state index contributed by atoms with van der Waals surface area (Å²) in [4.78, 5) is 11.7. The van der Waals surface area contributed by atoms with Crippen molar-refractivity contribution >= 4 is 11.7 Å². The molecule has 3 nitrogen and oxygen atoms in total. The van der Waals surface area contributed by atoms with Crippen LogP contribution in [0, 0.1) is 12.3 Å². The molecule has 1 fully saturated rings. The van der Waals surface area contributed by atoms with Crippen LogP contribution < -0.4 is 5.32 Å². The molecule has 1 aromatic rings. The smallest absolute Gasteiger partial charge is 0.338 e. The Kier molecular flexibility index (Phi) is 3.83. The standard InChI is InChI=1S/C16H23NO2/c1-11-12(15(18)19-4)7-5-8-13(11)17-14-9-6-10-16(14,2)3/h5,7-8,14,17H,6,9-10H2,1-4H3. The molecule has 1 aliphatic carbocycles. The van der Waals surface area contributed by atoms with Gasteiger partial charge in [-0.25, -0.2) is 4.79 Å². The second-order valence-electron chi connectivity index (χ2n) is 6.05. The van der Waals surface area contributed by atoms with Crippen molar-refractivity contribution in [3.05, 3.63) is 29.3 Å². The zero-order valence-corrected chi connectivity index (χ0v) is 12.2. The van der Waals surface area contributed by atoms with Gasteiger partial charge in [0, 0.05) is 11.7 Å². The van der Waals surface area contributed by atoms with Crippen LogP contribution in [0.4, 0.5) is 5.69 Å². The van der Waals surface area contributed by atoms with Crippen LogP contribution in [-0.4, -0.2) is 19.1 Å². The third kappa shape index (κ3) is 2.75. The number of carbonyl (C=O) groups excluding carboxylic acids is 1. The summed E-state index contributed by atoms with van der Waals surface area (Å²) in [7, 11) is 1.42. The molecule has 0 bridgehead atoms. The van der Waals surface area contributed by atoms with Crippen molar-refractivity contribution in [2.75, 3.05) is 12.4 Å². The van der Waals surface area contributed by atoms with Crippen LogP contribution in [0.1, 0.15) is 49.0 Å². The maximum atomic E-state index is 11.7. The van der Waals surface area contributed by atoms with E-state index in [-0.39, 0.29) is 5.97 Å². The predicted molar refractivity (Wildman–Crippen MR) is 77.6 cm³/mol. The van der Waals surface area contributed by atoms with E-state index in [0.29, 0.717) is 17.0 Å². The summed E-state index contributed by atoms with van der Waals surface area (Å²) in [6.07, 6.45) is 3.70. The van der Waals surface area contributed by atoms with Gasteiger partial charge >= 0.3 is 5.97 Å². The average Bonchev–Trinajstić information content (AvgIpc) is 2.70. The summed E-state index contributed by atoms with van der Waals surface area (Å²) in [5.74, 6) is -0.271. The highest BCUT2D eigenvalue weighted by Crippen LogP contribution is 2.39. The number of methoxy groups -OCH3 is 1. The summed E-state index contributed by atoms with van der Waals surface area (Å²) in [5, 5.41) is 3.61. The zero-order valence-electron chi connectivity index (χ0n) is 12.2. The second-order valence-corrected chi connectivity index (χ2v) is 6.05. The quantitative estimate of drug-likeness (QED) is 0.842. The van der Waals surface area contributed by atoms with Crippen molar-refractivity contribution in [2.24, 2.45) is 5.41 Å². The lowest BCUT2D eigenvalue weighted by molar-refractivity contribution is 0.0600. The lowest BCUT2D eigenvalue weighted by Crippen LogP contribution is -2.31. The molecule has 0 spiro atoms. The highest BCUT2D eigenvalue weighted by molar-refractivity contribution is 5.92. The van der Waals surface area contributed by atoms with Gasteiger partial charge in [-0.3, -0.25) is 0 Å². The Balaban J connectivity index is 2.24. The molecule has 3 heteroatoms. The summed E-state index contributed by atoms with van der Waals surface area (Å²) in [6.45, 7) is 6.57. The second kappa shape index (κ2) is 5.24. The van der Waals surface area contributed by atoms with Gasteiger partial charge in [-0.2, -0.15) is 0 Å². The number of carbonyl (C=O) groups is 1. The lowest BCUT2D eigenvalue weighted by atomic mass is 9.87. The SMILES string of the molecule is COC(=O)c1cccc(NC2CCCC2(C)C)c1C. The first-order valence-corrected chi connectivity index (χ1v) is 6.90. The Bertz CT molecular complexity index is 480. The van der Waals surface area contributed by atoms with Crippen LogP contribution in [0.15, 0.2) is 18.2 Å². The van der Waals surface area contributed by atoms with Gasteiger partial charge in [-0.15, -0.1) is 0 Å². The first kappa shape index (κ1) is 13.9. The Morgan fingerprint density at radius 2 is 2.16 bits per heavy atom. The van der Waals surface area contributed by atoms with Crippen LogP contribution >= 0.6 is 0 Å². The number of rotatable bonds is 3. The first-order chi connectivity index (χ1) is 8.95. The van der Waals surface area contributed by atoms with Gasteiger partial charge < -0.3 is 10.1 Å². The number of benzene rings is 1. The summed E-state index contributed by atoms with van der Waals surface area (Å²) in [6, 6.07) is 6.23. The predicted octanol–water partition coefficient (Wildman–Crippen LogP) is 3.77. The van der Waals surface area contributed by atoms with E-state index in [1.54, 1.807) is 0 Å². The molecular formula is C16H23NO2. The monoisotopic (exact) mass is 261 g/mol. The minimum Gasteiger partial charge on any atom is -0.465 e. The van der Waals surface area contributed by atoms with Crippen molar-refractivity contribution in [1.29, 1.82) is 0 Å². The van der Waals surface area contributed by atoms with Crippen molar-refractivity contribution in [3.63, 3.8) is 0 Å². The molecule has 1 aliphatic rings. The van der Waals surface area contributed by atoms with Crippen molar-refractivity contribution in [3.8, 4) is 0 Å². The van der Waals surface area contributed by atoms with E-state index in [2.05, 4.69) is 19.2 Å². The third-order valence-corrected chi connectivity index (χ3v) is 4.33. The van der Waals surface area contributed by atoms with Gasteiger partial charge in [0.1, 0.15) is 0 Å². The van der Waals surface area contributed by atoms with E-state index in [4.69, 9.17) is 4.74 Å². The molecular weight excluding hydrogens is 238 g/mol. The number of hydrogen-bond donors (Lipinski definition) is 1. The minimum atomic E-state index is -0.271. The van der Waals surface area contributed by atoms with E-state index < -0.39 is 0 Å². The maximum Gasteiger partial charge on any atom is 0.338 e. The molecule has 0 radical (unpaired) electrons. The summed E-state index contributed by atoms with van der Waals surface area (Å²) < 4.78 is 4.82. The minimum absolute atomic E-state index is 0.271. The molecule has 1 atom stereocenters. The van der Waals surface area contributed by atoms with E-state index in [1.807, 2.05) is 25.1 Å². The Morgan fingerprint density at radius 3 is 2.74 bits per heavy atom. The Labute approximate surface area is 115 Å².